The van der Waals surface area contributed by atoms with Gasteiger partial charge >= 0.3 is 0 Å². The van der Waals surface area contributed by atoms with E-state index in [0.717, 1.165) is 25.2 Å². The monoisotopic (exact) mass is 358 g/mol. The van der Waals surface area contributed by atoms with Gasteiger partial charge in [0.15, 0.2) is 5.78 Å². The molecule has 0 saturated heterocycles. The van der Waals surface area contributed by atoms with Gasteiger partial charge in [0.2, 0.25) is 0 Å². The molecule has 26 heavy (non-hydrogen) atoms. The maximum atomic E-state index is 12.9. The first-order valence-corrected chi connectivity index (χ1v) is 11.3. The quantitative estimate of drug-likeness (QED) is 0.542. The molecule has 0 aliphatic heterocycles. The van der Waals surface area contributed by atoms with Crippen molar-refractivity contribution in [3.8, 4) is 0 Å². The van der Waals surface area contributed by atoms with E-state index in [1.807, 2.05) is 6.08 Å². The van der Waals surface area contributed by atoms with E-state index in [9.17, 15) is 9.59 Å². The number of rotatable bonds is 5. The van der Waals surface area contributed by atoms with Gasteiger partial charge in [0, 0.05) is 11.8 Å². The Morgan fingerprint density at radius 2 is 1.50 bits per heavy atom. The Morgan fingerprint density at radius 3 is 2.12 bits per heavy atom. The third-order valence-electron chi connectivity index (χ3n) is 7.66. The molecule has 3 saturated carbocycles. The summed E-state index contributed by atoms with van der Waals surface area (Å²) in [6.45, 7) is 3.89. The topological polar surface area (TPSA) is 34.1 Å². The van der Waals surface area contributed by atoms with Crippen LogP contribution in [0.15, 0.2) is 11.6 Å². The van der Waals surface area contributed by atoms with Gasteiger partial charge in [0.05, 0.1) is 0 Å². The maximum absolute atomic E-state index is 12.9. The van der Waals surface area contributed by atoms with Gasteiger partial charge in [-0.3, -0.25) is 9.59 Å². The predicted molar refractivity (Wildman–Crippen MR) is 107 cm³/mol. The largest absolute Gasteiger partial charge is 0.300 e. The summed E-state index contributed by atoms with van der Waals surface area (Å²) < 4.78 is 0. The molecule has 0 aromatic carbocycles. The number of carbonyl (C=O) groups excluding carboxylic acids is 2. The summed E-state index contributed by atoms with van der Waals surface area (Å²) in [5.41, 5.74) is 1.28. The summed E-state index contributed by atoms with van der Waals surface area (Å²) in [6, 6.07) is 0. The molecule has 3 fully saturated rings. The Bertz CT molecular complexity index is 520. The second kappa shape index (κ2) is 9.33. The Balaban J connectivity index is 1.68. The van der Waals surface area contributed by atoms with Crippen LogP contribution in [-0.2, 0) is 9.59 Å². The van der Waals surface area contributed by atoms with Crippen molar-refractivity contribution in [2.24, 2.45) is 29.6 Å². The van der Waals surface area contributed by atoms with E-state index >= 15 is 0 Å². The van der Waals surface area contributed by atoms with Crippen LogP contribution in [0, 0.1) is 29.6 Å². The molecule has 1 unspecified atom stereocenters. The van der Waals surface area contributed by atoms with Gasteiger partial charge in [-0.05, 0) is 62.9 Å². The average molecular weight is 359 g/mol. The Kier molecular flexibility index (Phi) is 7.12. The second-order valence-corrected chi connectivity index (χ2v) is 9.50. The van der Waals surface area contributed by atoms with Gasteiger partial charge in [0.25, 0.3) is 0 Å². The van der Waals surface area contributed by atoms with Crippen LogP contribution >= 0.6 is 0 Å². The number of carbonyl (C=O) groups is 2. The lowest BCUT2D eigenvalue weighted by Gasteiger charge is -2.37. The summed E-state index contributed by atoms with van der Waals surface area (Å²) in [4.78, 5) is 25.0. The van der Waals surface area contributed by atoms with Crippen molar-refractivity contribution in [3.05, 3.63) is 11.6 Å². The fourth-order valence-electron chi connectivity index (χ4n) is 5.86. The van der Waals surface area contributed by atoms with Crippen LogP contribution in [0.2, 0.25) is 0 Å². The molecule has 3 rings (SSSR count). The molecule has 0 spiro atoms. The van der Waals surface area contributed by atoms with Gasteiger partial charge in [0.1, 0.15) is 5.78 Å². The van der Waals surface area contributed by atoms with E-state index in [-0.39, 0.29) is 11.8 Å². The minimum atomic E-state index is 0.153. The zero-order valence-corrected chi connectivity index (χ0v) is 17.0. The highest BCUT2D eigenvalue weighted by Crippen LogP contribution is 2.43. The fourth-order valence-corrected chi connectivity index (χ4v) is 5.86. The van der Waals surface area contributed by atoms with E-state index in [0.29, 0.717) is 23.4 Å². The van der Waals surface area contributed by atoms with Crippen molar-refractivity contribution in [1.82, 2.24) is 0 Å². The lowest BCUT2D eigenvalue weighted by molar-refractivity contribution is -0.122. The standard InChI is InChI=1S/C24H38O2/c1-17(20-9-5-3-6-10-20)24(26)15-19-13-22(18(2)25)16-23(14-19)21-11-7-4-8-12-21/h15,17,20-23H,3-14,16H2,1-2H3/b19-15-/t17-,22?,23-/m0/s1. The van der Waals surface area contributed by atoms with Crippen molar-refractivity contribution in [2.75, 3.05) is 0 Å². The first-order chi connectivity index (χ1) is 12.5. The van der Waals surface area contributed by atoms with E-state index in [4.69, 9.17) is 0 Å². The van der Waals surface area contributed by atoms with Crippen LogP contribution in [0.5, 0.6) is 0 Å². The average Bonchev–Trinajstić information content (AvgIpc) is 2.68. The van der Waals surface area contributed by atoms with Crippen LogP contribution in [0.25, 0.3) is 0 Å². The van der Waals surface area contributed by atoms with Gasteiger partial charge in [-0.25, -0.2) is 0 Å². The molecular formula is C24H38O2. The molecule has 0 aromatic heterocycles. The van der Waals surface area contributed by atoms with Gasteiger partial charge in [-0.15, -0.1) is 0 Å². The molecule has 0 amide bonds. The normalized spacial score (nSPS) is 31.7. The summed E-state index contributed by atoms with van der Waals surface area (Å²) in [5.74, 6) is 2.95. The van der Waals surface area contributed by atoms with Crippen LogP contribution in [0.1, 0.15) is 97.3 Å². The zero-order chi connectivity index (χ0) is 18.5. The number of Topliss-reactive ketones (excluding diaryl/α,β-unsaturated/α-hetero) is 1. The summed E-state index contributed by atoms with van der Waals surface area (Å²) in [5, 5.41) is 0. The van der Waals surface area contributed by atoms with Crippen LogP contribution in [-0.4, -0.2) is 11.6 Å². The van der Waals surface area contributed by atoms with Crippen LogP contribution in [0.3, 0.4) is 0 Å². The molecule has 0 bridgehead atoms. The Hall–Kier alpha value is -0.920. The fraction of sp³-hybridized carbons (Fsp3) is 0.833. The van der Waals surface area contributed by atoms with Crippen LogP contribution < -0.4 is 0 Å². The second-order valence-electron chi connectivity index (χ2n) is 9.50. The maximum Gasteiger partial charge on any atom is 0.158 e. The number of hydrogen-bond acceptors (Lipinski definition) is 2. The van der Waals surface area contributed by atoms with Crippen molar-refractivity contribution in [2.45, 2.75) is 97.3 Å². The Morgan fingerprint density at radius 1 is 0.885 bits per heavy atom. The van der Waals surface area contributed by atoms with E-state index in [2.05, 4.69) is 6.92 Å². The summed E-state index contributed by atoms with van der Waals surface area (Å²) >= 11 is 0. The van der Waals surface area contributed by atoms with E-state index in [1.165, 1.54) is 69.8 Å². The SMILES string of the molecule is CC(=O)C1C/C(=C/C(=O)[C@@H](C)C2CCCCC2)C[C@H](C2CCCCC2)C1. The minimum Gasteiger partial charge on any atom is -0.300 e. The molecular weight excluding hydrogens is 320 g/mol. The first kappa shape index (κ1) is 19.8. The molecule has 0 aromatic rings. The molecule has 2 heteroatoms. The third-order valence-corrected chi connectivity index (χ3v) is 7.66. The lowest BCUT2D eigenvalue weighted by Crippen LogP contribution is -2.29. The molecule has 146 valence electrons. The van der Waals surface area contributed by atoms with Gasteiger partial charge in [-0.2, -0.15) is 0 Å². The molecule has 3 atom stereocenters. The summed E-state index contributed by atoms with van der Waals surface area (Å²) in [6.07, 6.45) is 18.0. The predicted octanol–water partition coefficient (Wildman–Crippen LogP) is 6.28. The molecule has 2 nitrogen and oxygen atoms in total. The highest BCUT2D eigenvalue weighted by Gasteiger charge is 2.34. The summed E-state index contributed by atoms with van der Waals surface area (Å²) in [7, 11) is 0. The molecule has 3 aliphatic rings. The van der Waals surface area contributed by atoms with Crippen molar-refractivity contribution < 1.29 is 9.59 Å². The van der Waals surface area contributed by atoms with Crippen LogP contribution in [0.4, 0.5) is 0 Å². The minimum absolute atomic E-state index is 0.153. The molecule has 0 heterocycles. The zero-order valence-electron chi connectivity index (χ0n) is 17.0. The lowest BCUT2D eigenvalue weighted by atomic mass is 9.68. The third kappa shape index (κ3) is 5.08. The molecule has 0 N–H and O–H groups in total. The van der Waals surface area contributed by atoms with E-state index in [1.54, 1.807) is 6.92 Å². The first-order valence-electron chi connectivity index (χ1n) is 11.3. The Labute approximate surface area is 160 Å². The number of ketones is 2. The number of allylic oxidation sites excluding steroid dienone is 2. The highest BCUT2D eigenvalue weighted by molar-refractivity contribution is 5.92. The van der Waals surface area contributed by atoms with Crippen molar-refractivity contribution in [3.63, 3.8) is 0 Å². The molecule has 3 aliphatic carbocycles. The number of hydrogen-bond donors (Lipinski definition) is 0. The van der Waals surface area contributed by atoms with Crippen molar-refractivity contribution in [1.29, 1.82) is 0 Å². The molecule has 0 radical (unpaired) electrons. The van der Waals surface area contributed by atoms with Gasteiger partial charge < -0.3 is 0 Å². The highest BCUT2D eigenvalue weighted by atomic mass is 16.1. The van der Waals surface area contributed by atoms with Crippen molar-refractivity contribution >= 4 is 11.6 Å². The smallest absolute Gasteiger partial charge is 0.158 e. The van der Waals surface area contributed by atoms with Gasteiger partial charge in [-0.1, -0.05) is 63.9 Å². The van der Waals surface area contributed by atoms with E-state index < -0.39 is 0 Å².